The third kappa shape index (κ3) is 1.68. The second kappa shape index (κ2) is 3.50. The van der Waals surface area contributed by atoms with E-state index in [-0.39, 0.29) is 12.2 Å². The molecule has 0 N–H and O–H groups in total. The molecule has 2 rings (SSSR count). The van der Waals surface area contributed by atoms with Gasteiger partial charge in [-0.1, -0.05) is 0 Å². The Bertz CT molecular complexity index is 424. The molecule has 1 aromatic heterocycles. The predicted molar refractivity (Wildman–Crippen MR) is 52.2 cm³/mol. The zero-order chi connectivity index (χ0) is 10.1. The summed E-state index contributed by atoms with van der Waals surface area (Å²) in [6.45, 7) is 0.261. The van der Waals surface area contributed by atoms with E-state index in [1.807, 2.05) is 6.07 Å². The molecular formula is C9H10ClN3O. The number of imidazole rings is 1. The van der Waals surface area contributed by atoms with E-state index in [1.165, 1.54) is 4.57 Å². The summed E-state index contributed by atoms with van der Waals surface area (Å²) in [5.41, 5.74) is -0.0617. The second-order valence-electron chi connectivity index (χ2n) is 3.47. The summed E-state index contributed by atoms with van der Waals surface area (Å²) in [7, 11) is 0. The molecule has 1 heterocycles. The van der Waals surface area contributed by atoms with Crippen molar-refractivity contribution in [2.75, 3.05) is 0 Å². The molecule has 1 unspecified atom stereocenters. The van der Waals surface area contributed by atoms with Gasteiger partial charge in [-0.05, 0) is 12.8 Å². The zero-order valence-corrected chi connectivity index (χ0v) is 8.31. The fourth-order valence-electron chi connectivity index (χ4n) is 1.41. The number of nitriles is 1. The van der Waals surface area contributed by atoms with Crippen LogP contribution in [0.25, 0.3) is 0 Å². The van der Waals surface area contributed by atoms with E-state index >= 15 is 0 Å². The number of aromatic nitrogens is 2. The van der Waals surface area contributed by atoms with Gasteiger partial charge in [-0.15, -0.1) is 11.6 Å². The van der Waals surface area contributed by atoms with Crippen molar-refractivity contribution in [3.05, 3.63) is 22.9 Å². The fourth-order valence-corrected chi connectivity index (χ4v) is 1.56. The Morgan fingerprint density at radius 3 is 2.93 bits per heavy atom. The average Bonchev–Trinajstić information content (AvgIpc) is 2.95. The number of halogens is 1. The maximum Gasteiger partial charge on any atom is 0.328 e. The third-order valence-electron chi connectivity index (χ3n) is 2.31. The molecule has 0 bridgehead atoms. The minimum absolute atomic E-state index is 0.0617. The first-order chi connectivity index (χ1) is 6.72. The lowest BCUT2D eigenvalue weighted by molar-refractivity contribution is 0.630. The lowest BCUT2D eigenvalue weighted by Gasteiger charge is -2.00. The molecule has 5 heteroatoms. The molecule has 1 aliphatic carbocycles. The summed E-state index contributed by atoms with van der Waals surface area (Å²) < 4.78 is 3.19. The zero-order valence-electron chi connectivity index (χ0n) is 7.56. The van der Waals surface area contributed by atoms with Crippen LogP contribution in [0.15, 0.2) is 17.2 Å². The Morgan fingerprint density at radius 1 is 1.64 bits per heavy atom. The van der Waals surface area contributed by atoms with Gasteiger partial charge in [0.15, 0.2) is 0 Å². The van der Waals surface area contributed by atoms with Crippen molar-refractivity contribution < 1.29 is 0 Å². The van der Waals surface area contributed by atoms with Crippen LogP contribution in [0.4, 0.5) is 0 Å². The van der Waals surface area contributed by atoms with Crippen LogP contribution in [0.2, 0.25) is 0 Å². The molecule has 1 aromatic rings. The Hall–Kier alpha value is -1.21. The van der Waals surface area contributed by atoms with Gasteiger partial charge in [0.1, 0.15) is 5.38 Å². The monoisotopic (exact) mass is 211 g/mol. The summed E-state index contributed by atoms with van der Waals surface area (Å²) >= 11 is 5.65. The standard InChI is InChI=1S/C9H10ClN3O/c10-7(5-11)6-12-3-4-13(9(12)14)8-1-2-8/h3-4,7-8H,1-2,6H2. The Kier molecular flexibility index (Phi) is 2.34. The van der Waals surface area contributed by atoms with E-state index in [0.29, 0.717) is 6.04 Å². The maximum absolute atomic E-state index is 11.7. The molecule has 0 spiro atoms. The van der Waals surface area contributed by atoms with Crippen LogP contribution < -0.4 is 5.69 Å². The van der Waals surface area contributed by atoms with Crippen molar-refractivity contribution >= 4 is 11.6 Å². The Morgan fingerprint density at radius 2 is 2.36 bits per heavy atom. The molecule has 0 aromatic carbocycles. The molecule has 4 nitrogen and oxygen atoms in total. The van der Waals surface area contributed by atoms with Crippen LogP contribution in [0.1, 0.15) is 18.9 Å². The van der Waals surface area contributed by atoms with Crippen LogP contribution in [0.3, 0.4) is 0 Å². The molecule has 1 aliphatic rings. The smallest absolute Gasteiger partial charge is 0.297 e. The normalized spacial score (nSPS) is 17.7. The Balaban J connectivity index is 2.19. The minimum Gasteiger partial charge on any atom is -0.297 e. The third-order valence-corrected chi connectivity index (χ3v) is 2.55. The van der Waals surface area contributed by atoms with Gasteiger partial charge in [0.2, 0.25) is 0 Å². The quantitative estimate of drug-likeness (QED) is 0.704. The van der Waals surface area contributed by atoms with Crippen molar-refractivity contribution in [1.29, 1.82) is 5.26 Å². The summed E-state index contributed by atoms with van der Waals surface area (Å²) in [5.74, 6) is 0. The lowest BCUT2D eigenvalue weighted by Crippen LogP contribution is -2.26. The summed E-state index contributed by atoms with van der Waals surface area (Å²) in [6, 6.07) is 2.27. The first-order valence-corrected chi connectivity index (χ1v) is 4.97. The van der Waals surface area contributed by atoms with E-state index in [1.54, 1.807) is 17.0 Å². The first kappa shape index (κ1) is 9.35. The second-order valence-corrected chi connectivity index (χ2v) is 3.99. The number of hydrogen-bond donors (Lipinski definition) is 0. The summed E-state index contributed by atoms with van der Waals surface area (Å²) in [6.07, 6.45) is 5.60. The molecule has 74 valence electrons. The number of nitrogens with zero attached hydrogens (tertiary/aromatic N) is 3. The molecule has 1 saturated carbocycles. The van der Waals surface area contributed by atoms with Gasteiger partial charge in [0.05, 0.1) is 12.6 Å². The molecule has 1 atom stereocenters. The molecule has 0 aliphatic heterocycles. The highest BCUT2D eigenvalue weighted by atomic mass is 35.5. The van der Waals surface area contributed by atoms with Crippen molar-refractivity contribution in [3.8, 4) is 6.07 Å². The van der Waals surface area contributed by atoms with E-state index in [4.69, 9.17) is 16.9 Å². The number of alkyl halides is 1. The van der Waals surface area contributed by atoms with Crippen molar-refractivity contribution in [2.45, 2.75) is 30.8 Å². The van der Waals surface area contributed by atoms with Gasteiger partial charge in [-0.2, -0.15) is 5.26 Å². The maximum atomic E-state index is 11.7. The SMILES string of the molecule is N#CC(Cl)Cn1ccn(C2CC2)c1=O. The highest BCUT2D eigenvalue weighted by Gasteiger charge is 2.25. The van der Waals surface area contributed by atoms with E-state index in [2.05, 4.69) is 0 Å². The number of hydrogen-bond acceptors (Lipinski definition) is 2. The Labute approximate surface area is 86.3 Å². The van der Waals surface area contributed by atoms with Crippen molar-refractivity contribution in [1.82, 2.24) is 9.13 Å². The van der Waals surface area contributed by atoms with E-state index in [9.17, 15) is 4.79 Å². The van der Waals surface area contributed by atoms with Gasteiger partial charge in [-0.25, -0.2) is 4.79 Å². The summed E-state index contributed by atoms with van der Waals surface area (Å²) in [4.78, 5) is 11.7. The molecule has 0 amide bonds. The van der Waals surface area contributed by atoms with Crippen molar-refractivity contribution in [3.63, 3.8) is 0 Å². The van der Waals surface area contributed by atoms with Gasteiger partial charge in [0, 0.05) is 18.4 Å². The van der Waals surface area contributed by atoms with Crippen LogP contribution in [0, 0.1) is 11.3 Å². The van der Waals surface area contributed by atoms with Crippen LogP contribution in [-0.4, -0.2) is 14.5 Å². The molecule has 1 fully saturated rings. The predicted octanol–water partition coefficient (Wildman–Crippen LogP) is 1.12. The van der Waals surface area contributed by atoms with Gasteiger partial charge < -0.3 is 0 Å². The fraction of sp³-hybridized carbons (Fsp3) is 0.556. The first-order valence-electron chi connectivity index (χ1n) is 4.53. The van der Waals surface area contributed by atoms with Crippen LogP contribution in [-0.2, 0) is 6.54 Å². The van der Waals surface area contributed by atoms with Gasteiger partial charge in [0.25, 0.3) is 0 Å². The molecule has 0 saturated heterocycles. The highest BCUT2D eigenvalue weighted by molar-refractivity contribution is 6.22. The number of rotatable bonds is 3. The van der Waals surface area contributed by atoms with Crippen LogP contribution >= 0.6 is 11.6 Å². The summed E-state index contributed by atoms with van der Waals surface area (Å²) in [5, 5.41) is 7.87. The van der Waals surface area contributed by atoms with Crippen molar-refractivity contribution in [2.24, 2.45) is 0 Å². The molecule has 0 radical (unpaired) electrons. The topological polar surface area (TPSA) is 50.7 Å². The minimum atomic E-state index is -0.636. The van der Waals surface area contributed by atoms with Crippen LogP contribution in [0.5, 0.6) is 0 Å². The molecular weight excluding hydrogens is 202 g/mol. The van der Waals surface area contributed by atoms with E-state index in [0.717, 1.165) is 12.8 Å². The molecule has 14 heavy (non-hydrogen) atoms. The van der Waals surface area contributed by atoms with E-state index < -0.39 is 5.38 Å². The highest BCUT2D eigenvalue weighted by Crippen LogP contribution is 2.33. The largest absolute Gasteiger partial charge is 0.328 e. The van der Waals surface area contributed by atoms with Gasteiger partial charge >= 0.3 is 5.69 Å². The van der Waals surface area contributed by atoms with Gasteiger partial charge in [-0.3, -0.25) is 9.13 Å². The average molecular weight is 212 g/mol. The lowest BCUT2D eigenvalue weighted by atomic mass is 10.4.